The van der Waals surface area contributed by atoms with Crippen LogP contribution in [0.4, 0.5) is 4.39 Å². The molecular formula is C22H22FN3. The third-order valence-corrected chi connectivity index (χ3v) is 4.89. The molecule has 132 valence electrons. The molecule has 4 rings (SSSR count). The highest BCUT2D eigenvalue weighted by molar-refractivity contribution is 5.85. The summed E-state index contributed by atoms with van der Waals surface area (Å²) in [5.74, 6) is -0.231. The van der Waals surface area contributed by atoms with Crippen molar-refractivity contribution in [3.8, 4) is 0 Å². The van der Waals surface area contributed by atoms with E-state index in [2.05, 4.69) is 52.5 Å². The van der Waals surface area contributed by atoms with Crippen LogP contribution < -0.4 is 0 Å². The van der Waals surface area contributed by atoms with Crippen LogP contribution in [0.25, 0.3) is 10.8 Å². The zero-order valence-electron chi connectivity index (χ0n) is 14.7. The van der Waals surface area contributed by atoms with E-state index in [-0.39, 0.29) is 5.82 Å². The summed E-state index contributed by atoms with van der Waals surface area (Å²) in [5, 5.41) is 9.09. The number of nitrogens with zero attached hydrogens (tertiary/aromatic N) is 3. The molecule has 0 radical (unpaired) electrons. The zero-order valence-corrected chi connectivity index (χ0v) is 14.7. The first kappa shape index (κ1) is 16.7. The molecule has 0 atom stereocenters. The Morgan fingerprint density at radius 2 is 1.58 bits per heavy atom. The van der Waals surface area contributed by atoms with Crippen molar-refractivity contribution in [2.24, 2.45) is 5.10 Å². The highest BCUT2D eigenvalue weighted by Crippen LogP contribution is 2.20. The molecular weight excluding hydrogens is 325 g/mol. The first-order chi connectivity index (χ1) is 12.8. The van der Waals surface area contributed by atoms with Gasteiger partial charge in [-0.15, -0.1) is 0 Å². The molecule has 0 aromatic heterocycles. The van der Waals surface area contributed by atoms with Gasteiger partial charge in [-0.05, 0) is 22.4 Å². The van der Waals surface area contributed by atoms with Gasteiger partial charge in [0, 0.05) is 38.3 Å². The minimum atomic E-state index is -0.231. The lowest BCUT2D eigenvalue weighted by atomic mass is 10.0. The maximum atomic E-state index is 13.7. The topological polar surface area (TPSA) is 18.8 Å². The van der Waals surface area contributed by atoms with Gasteiger partial charge in [-0.3, -0.25) is 9.91 Å². The van der Waals surface area contributed by atoms with E-state index in [4.69, 9.17) is 0 Å². The predicted octanol–water partition coefficient (Wildman–Crippen LogP) is 4.13. The van der Waals surface area contributed by atoms with Crippen molar-refractivity contribution in [2.75, 3.05) is 26.2 Å². The second kappa shape index (κ2) is 7.67. The van der Waals surface area contributed by atoms with Crippen LogP contribution in [-0.2, 0) is 6.54 Å². The number of hydrogen-bond acceptors (Lipinski definition) is 3. The van der Waals surface area contributed by atoms with E-state index in [9.17, 15) is 4.39 Å². The molecule has 0 spiro atoms. The van der Waals surface area contributed by atoms with Crippen molar-refractivity contribution in [3.63, 3.8) is 0 Å². The van der Waals surface area contributed by atoms with E-state index in [1.807, 2.05) is 11.1 Å². The number of hydrazone groups is 1. The van der Waals surface area contributed by atoms with Crippen LogP contribution in [0.3, 0.4) is 0 Å². The second-order valence-electron chi connectivity index (χ2n) is 6.63. The van der Waals surface area contributed by atoms with Gasteiger partial charge < -0.3 is 0 Å². The van der Waals surface area contributed by atoms with Gasteiger partial charge in [0.05, 0.1) is 6.21 Å². The average Bonchev–Trinajstić information content (AvgIpc) is 2.69. The minimum Gasteiger partial charge on any atom is -0.295 e. The highest BCUT2D eigenvalue weighted by Gasteiger charge is 2.16. The smallest absolute Gasteiger partial charge is 0.132 e. The van der Waals surface area contributed by atoms with Crippen LogP contribution in [0.5, 0.6) is 0 Å². The fraction of sp³-hybridized carbons (Fsp3) is 0.227. The lowest BCUT2D eigenvalue weighted by Crippen LogP contribution is -2.43. The standard InChI is InChI=1S/C22H22FN3/c23-22-11-4-2-7-19(22)16-24-26-14-12-25(13-15-26)17-20-9-5-8-18-6-1-3-10-21(18)20/h1-11,16H,12-15,17H2. The molecule has 1 fully saturated rings. The maximum Gasteiger partial charge on any atom is 0.132 e. The Morgan fingerprint density at radius 3 is 2.42 bits per heavy atom. The van der Waals surface area contributed by atoms with Gasteiger partial charge in [-0.25, -0.2) is 4.39 Å². The van der Waals surface area contributed by atoms with Gasteiger partial charge in [-0.2, -0.15) is 5.10 Å². The molecule has 1 saturated heterocycles. The Morgan fingerprint density at radius 1 is 0.846 bits per heavy atom. The number of halogens is 1. The monoisotopic (exact) mass is 347 g/mol. The molecule has 0 unspecified atom stereocenters. The fourth-order valence-electron chi connectivity index (χ4n) is 3.41. The Kier molecular flexibility index (Phi) is 4.93. The first-order valence-electron chi connectivity index (χ1n) is 9.02. The van der Waals surface area contributed by atoms with Crippen molar-refractivity contribution >= 4 is 17.0 Å². The summed E-state index contributed by atoms with van der Waals surface area (Å²) in [6.45, 7) is 4.58. The van der Waals surface area contributed by atoms with Crippen molar-refractivity contribution < 1.29 is 4.39 Å². The average molecular weight is 347 g/mol. The summed E-state index contributed by atoms with van der Waals surface area (Å²) >= 11 is 0. The molecule has 3 aromatic carbocycles. The van der Waals surface area contributed by atoms with E-state index >= 15 is 0 Å². The molecule has 1 aliphatic rings. The van der Waals surface area contributed by atoms with Crippen LogP contribution in [-0.4, -0.2) is 42.3 Å². The third kappa shape index (κ3) is 3.75. The van der Waals surface area contributed by atoms with Crippen molar-refractivity contribution in [3.05, 3.63) is 83.7 Å². The number of hydrogen-bond donors (Lipinski definition) is 0. The van der Waals surface area contributed by atoms with Gasteiger partial charge in [0.15, 0.2) is 0 Å². The van der Waals surface area contributed by atoms with E-state index in [0.717, 1.165) is 32.7 Å². The summed E-state index contributed by atoms with van der Waals surface area (Å²) in [5.41, 5.74) is 1.90. The summed E-state index contributed by atoms with van der Waals surface area (Å²) in [4.78, 5) is 2.46. The molecule has 1 heterocycles. The molecule has 0 N–H and O–H groups in total. The van der Waals surface area contributed by atoms with E-state index in [1.54, 1.807) is 18.3 Å². The number of benzene rings is 3. The number of piperazine rings is 1. The molecule has 0 saturated carbocycles. The van der Waals surface area contributed by atoms with Crippen LogP contribution >= 0.6 is 0 Å². The summed E-state index contributed by atoms with van der Waals surface area (Å²) < 4.78 is 13.7. The zero-order chi connectivity index (χ0) is 17.8. The number of rotatable bonds is 4. The lowest BCUT2D eigenvalue weighted by Gasteiger charge is -2.33. The minimum absolute atomic E-state index is 0.231. The van der Waals surface area contributed by atoms with Gasteiger partial charge in [0.2, 0.25) is 0 Å². The van der Waals surface area contributed by atoms with Crippen LogP contribution in [0.2, 0.25) is 0 Å². The van der Waals surface area contributed by atoms with E-state index < -0.39 is 0 Å². The van der Waals surface area contributed by atoms with E-state index in [0.29, 0.717) is 5.56 Å². The van der Waals surface area contributed by atoms with E-state index in [1.165, 1.54) is 22.4 Å². The largest absolute Gasteiger partial charge is 0.295 e. The SMILES string of the molecule is Fc1ccccc1C=NN1CCN(Cc2cccc3ccccc23)CC1. The second-order valence-corrected chi connectivity index (χ2v) is 6.63. The molecule has 3 nitrogen and oxygen atoms in total. The normalized spacial score (nSPS) is 15.8. The van der Waals surface area contributed by atoms with Crippen molar-refractivity contribution in [1.29, 1.82) is 0 Å². The predicted molar refractivity (Wildman–Crippen MR) is 105 cm³/mol. The van der Waals surface area contributed by atoms with Crippen molar-refractivity contribution in [1.82, 2.24) is 9.91 Å². The molecule has 26 heavy (non-hydrogen) atoms. The van der Waals surface area contributed by atoms with Crippen molar-refractivity contribution in [2.45, 2.75) is 6.54 Å². The maximum absolute atomic E-state index is 13.7. The fourth-order valence-corrected chi connectivity index (χ4v) is 3.41. The third-order valence-electron chi connectivity index (χ3n) is 4.89. The Bertz CT molecular complexity index is 909. The highest BCUT2D eigenvalue weighted by atomic mass is 19.1. The van der Waals surface area contributed by atoms with Gasteiger partial charge in [-0.1, -0.05) is 60.7 Å². The molecule has 3 aromatic rings. The van der Waals surface area contributed by atoms with Crippen LogP contribution in [0.1, 0.15) is 11.1 Å². The molecule has 4 heteroatoms. The van der Waals surface area contributed by atoms with Crippen LogP contribution in [0, 0.1) is 5.82 Å². The van der Waals surface area contributed by atoms with Crippen LogP contribution in [0.15, 0.2) is 71.8 Å². The molecule has 0 bridgehead atoms. The summed E-state index contributed by atoms with van der Waals surface area (Å²) in [6.07, 6.45) is 1.62. The lowest BCUT2D eigenvalue weighted by molar-refractivity contribution is 0.131. The quantitative estimate of drug-likeness (QED) is 0.661. The molecule has 1 aliphatic heterocycles. The first-order valence-corrected chi connectivity index (χ1v) is 9.02. The Labute approximate surface area is 153 Å². The van der Waals surface area contributed by atoms with Gasteiger partial charge in [0.25, 0.3) is 0 Å². The summed E-state index contributed by atoms with van der Waals surface area (Å²) in [7, 11) is 0. The molecule has 0 aliphatic carbocycles. The number of fused-ring (bicyclic) bond motifs is 1. The molecule has 0 amide bonds. The Balaban J connectivity index is 1.37. The van der Waals surface area contributed by atoms with Gasteiger partial charge >= 0.3 is 0 Å². The Hall–Kier alpha value is -2.72. The van der Waals surface area contributed by atoms with Gasteiger partial charge in [0.1, 0.15) is 5.82 Å². The summed E-state index contributed by atoms with van der Waals surface area (Å²) in [6, 6.07) is 21.8.